The molecule has 0 aromatic carbocycles. The van der Waals surface area contributed by atoms with E-state index in [0.29, 0.717) is 9.26 Å². The summed E-state index contributed by atoms with van der Waals surface area (Å²) in [5, 5.41) is 8.48. The molecule has 1 aromatic rings. The lowest BCUT2D eigenvalue weighted by atomic mass is 10.2. The van der Waals surface area contributed by atoms with Crippen LogP contribution in [0.1, 0.15) is 17.7 Å². The first kappa shape index (κ1) is 11.3. The largest absolute Gasteiger partial charge is 0.481 e. The Bertz CT molecular complexity index is 357. The second-order valence-electron chi connectivity index (χ2n) is 2.59. The number of hydrogen-bond donors (Lipinski definition) is 1. The van der Waals surface area contributed by atoms with Crippen LogP contribution in [0, 0.1) is 3.70 Å². The molecule has 0 radical (unpaired) electrons. The van der Waals surface area contributed by atoms with E-state index in [4.69, 9.17) is 5.11 Å². The molecular weight excluding hydrogens is 307 g/mol. The number of alkyl halides is 2. The fraction of sp³-hybridized carbons (Fsp3) is 0.250. The van der Waals surface area contributed by atoms with Crippen molar-refractivity contribution < 1.29 is 18.7 Å². The number of rotatable bonds is 3. The molecule has 0 aliphatic rings. The summed E-state index contributed by atoms with van der Waals surface area (Å²) in [7, 11) is 0. The summed E-state index contributed by atoms with van der Waals surface area (Å²) in [4.78, 5) is 13.9. The standard InChI is InChI=1S/C8H6F2INO2/c9-8(10)5-1-4(3-7(13)14)2-6(11)12-5/h1-2,8H,3H2,(H,13,14). The predicted molar refractivity (Wildman–Crippen MR) is 53.3 cm³/mol. The van der Waals surface area contributed by atoms with E-state index < -0.39 is 12.4 Å². The summed E-state index contributed by atoms with van der Waals surface area (Å²) >= 11 is 1.77. The molecular formula is C8H6F2INO2. The van der Waals surface area contributed by atoms with Gasteiger partial charge in [0.25, 0.3) is 6.43 Å². The maximum absolute atomic E-state index is 12.3. The van der Waals surface area contributed by atoms with E-state index in [1.165, 1.54) is 6.07 Å². The van der Waals surface area contributed by atoms with Crippen LogP contribution in [0.4, 0.5) is 8.78 Å². The molecule has 0 fully saturated rings. The molecule has 0 saturated heterocycles. The maximum atomic E-state index is 12.3. The molecule has 0 bridgehead atoms. The molecule has 1 aromatic heterocycles. The molecule has 0 saturated carbocycles. The van der Waals surface area contributed by atoms with Gasteiger partial charge in [0.2, 0.25) is 0 Å². The Morgan fingerprint density at radius 2 is 2.21 bits per heavy atom. The van der Waals surface area contributed by atoms with Crippen LogP contribution < -0.4 is 0 Å². The first-order valence-corrected chi connectivity index (χ1v) is 4.73. The average Bonchev–Trinajstić information content (AvgIpc) is 2.01. The van der Waals surface area contributed by atoms with Crippen molar-refractivity contribution >= 4 is 28.6 Å². The van der Waals surface area contributed by atoms with E-state index in [9.17, 15) is 13.6 Å². The zero-order valence-corrected chi connectivity index (χ0v) is 9.03. The highest BCUT2D eigenvalue weighted by atomic mass is 127. The van der Waals surface area contributed by atoms with Gasteiger partial charge in [-0.2, -0.15) is 0 Å². The highest BCUT2D eigenvalue weighted by Crippen LogP contribution is 2.19. The highest BCUT2D eigenvalue weighted by Gasteiger charge is 2.12. The number of aromatic nitrogens is 1. The van der Waals surface area contributed by atoms with Gasteiger partial charge in [-0.1, -0.05) is 0 Å². The van der Waals surface area contributed by atoms with Crippen molar-refractivity contribution in [3.05, 3.63) is 27.1 Å². The van der Waals surface area contributed by atoms with Gasteiger partial charge in [-0.3, -0.25) is 4.79 Å². The van der Waals surface area contributed by atoms with E-state index in [-0.39, 0.29) is 12.1 Å². The molecule has 1 rings (SSSR count). The van der Waals surface area contributed by atoms with Crippen molar-refractivity contribution in [3.8, 4) is 0 Å². The number of hydrogen-bond acceptors (Lipinski definition) is 2. The van der Waals surface area contributed by atoms with E-state index in [2.05, 4.69) is 4.98 Å². The van der Waals surface area contributed by atoms with Gasteiger partial charge >= 0.3 is 5.97 Å². The lowest BCUT2D eigenvalue weighted by Gasteiger charge is -2.03. The Kier molecular flexibility index (Phi) is 3.73. The maximum Gasteiger partial charge on any atom is 0.307 e. The summed E-state index contributed by atoms with van der Waals surface area (Å²) in [6.07, 6.45) is -2.93. The molecule has 0 aliphatic heterocycles. The fourth-order valence-corrected chi connectivity index (χ4v) is 1.64. The number of aliphatic carboxylic acids is 1. The van der Waals surface area contributed by atoms with Crippen molar-refractivity contribution in [2.75, 3.05) is 0 Å². The minimum absolute atomic E-state index is 0.266. The quantitative estimate of drug-likeness (QED) is 0.688. The number of carbonyl (C=O) groups is 1. The first-order chi connectivity index (χ1) is 6.49. The molecule has 0 atom stereocenters. The second-order valence-corrected chi connectivity index (χ2v) is 3.70. The van der Waals surface area contributed by atoms with Gasteiger partial charge in [-0.25, -0.2) is 13.8 Å². The third-order valence-corrected chi connectivity index (χ3v) is 2.01. The van der Waals surface area contributed by atoms with Gasteiger partial charge < -0.3 is 5.11 Å². The Morgan fingerprint density at radius 1 is 1.57 bits per heavy atom. The highest BCUT2D eigenvalue weighted by molar-refractivity contribution is 14.1. The Labute approximate surface area is 92.3 Å². The van der Waals surface area contributed by atoms with Crippen LogP contribution in [0.2, 0.25) is 0 Å². The SMILES string of the molecule is O=C(O)Cc1cc(I)nc(C(F)F)c1. The Morgan fingerprint density at radius 3 is 2.71 bits per heavy atom. The van der Waals surface area contributed by atoms with Crippen LogP contribution in [0.15, 0.2) is 12.1 Å². The Hall–Kier alpha value is -0.790. The predicted octanol–water partition coefficient (Wildman–Crippen LogP) is 2.25. The number of halogens is 3. The van der Waals surface area contributed by atoms with Gasteiger partial charge in [0, 0.05) is 0 Å². The third-order valence-electron chi connectivity index (χ3n) is 1.45. The van der Waals surface area contributed by atoms with Gasteiger partial charge in [0.05, 0.1) is 6.42 Å². The molecule has 0 amide bonds. The van der Waals surface area contributed by atoms with E-state index >= 15 is 0 Å². The number of nitrogens with zero attached hydrogens (tertiary/aromatic N) is 1. The minimum Gasteiger partial charge on any atom is -0.481 e. The molecule has 0 aliphatic carbocycles. The number of carboxylic acid groups (broad SMARTS) is 1. The number of pyridine rings is 1. The smallest absolute Gasteiger partial charge is 0.307 e. The molecule has 6 heteroatoms. The van der Waals surface area contributed by atoms with Gasteiger partial charge in [-0.05, 0) is 40.3 Å². The molecule has 0 spiro atoms. The van der Waals surface area contributed by atoms with Crippen LogP contribution >= 0.6 is 22.6 Å². The summed E-state index contributed by atoms with van der Waals surface area (Å²) in [5.41, 5.74) is -0.0413. The molecule has 0 unspecified atom stereocenters. The molecule has 14 heavy (non-hydrogen) atoms. The minimum atomic E-state index is -2.67. The van der Waals surface area contributed by atoms with Crippen molar-refractivity contribution in [1.29, 1.82) is 0 Å². The van der Waals surface area contributed by atoms with Gasteiger partial charge in [-0.15, -0.1) is 0 Å². The van der Waals surface area contributed by atoms with Crippen LogP contribution in [-0.2, 0) is 11.2 Å². The van der Waals surface area contributed by atoms with E-state index in [0.717, 1.165) is 6.07 Å². The molecule has 3 nitrogen and oxygen atoms in total. The van der Waals surface area contributed by atoms with Crippen LogP contribution in [0.3, 0.4) is 0 Å². The molecule has 1 N–H and O–H groups in total. The van der Waals surface area contributed by atoms with Crippen molar-refractivity contribution in [2.24, 2.45) is 0 Å². The van der Waals surface area contributed by atoms with Crippen LogP contribution in [0.25, 0.3) is 0 Å². The third kappa shape index (κ3) is 3.17. The zero-order valence-electron chi connectivity index (χ0n) is 6.88. The topological polar surface area (TPSA) is 50.2 Å². The molecule has 1 heterocycles. The Balaban J connectivity index is 3.01. The average molecular weight is 313 g/mol. The van der Waals surface area contributed by atoms with Crippen LogP contribution in [0.5, 0.6) is 0 Å². The zero-order chi connectivity index (χ0) is 10.7. The summed E-state index contributed by atoms with van der Waals surface area (Å²) in [6, 6.07) is 2.58. The van der Waals surface area contributed by atoms with E-state index in [1.54, 1.807) is 22.6 Å². The number of carboxylic acids is 1. The van der Waals surface area contributed by atoms with Gasteiger partial charge in [0.1, 0.15) is 9.39 Å². The lowest BCUT2D eigenvalue weighted by molar-refractivity contribution is -0.136. The summed E-state index contributed by atoms with van der Waals surface area (Å²) in [5.74, 6) is -1.05. The van der Waals surface area contributed by atoms with Crippen molar-refractivity contribution in [3.63, 3.8) is 0 Å². The van der Waals surface area contributed by atoms with Gasteiger partial charge in [0.15, 0.2) is 0 Å². The normalized spacial score (nSPS) is 10.6. The van der Waals surface area contributed by atoms with Crippen molar-refractivity contribution in [2.45, 2.75) is 12.8 Å². The summed E-state index contributed by atoms with van der Waals surface area (Å²) < 4.78 is 24.9. The monoisotopic (exact) mass is 313 g/mol. The van der Waals surface area contributed by atoms with Crippen molar-refractivity contribution in [1.82, 2.24) is 4.98 Å². The molecule has 76 valence electrons. The fourth-order valence-electron chi connectivity index (χ4n) is 0.961. The van der Waals surface area contributed by atoms with E-state index in [1.807, 2.05) is 0 Å². The second kappa shape index (κ2) is 4.63. The lowest BCUT2D eigenvalue weighted by Crippen LogP contribution is -2.03. The van der Waals surface area contributed by atoms with Crippen LogP contribution in [-0.4, -0.2) is 16.1 Å². The first-order valence-electron chi connectivity index (χ1n) is 3.65. The summed E-state index contributed by atoms with van der Waals surface area (Å²) in [6.45, 7) is 0.